The fourth-order valence-electron chi connectivity index (χ4n) is 3.40. The number of nitrogens with zero attached hydrogens (tertiary/aromatic N) is 1. The van der Waals surface area contributed by atoms with Gasteiger partial charge in [0.25, 0.3) is 0 Å². The van der Waals surface area contributed by atoms with Crippen molar-refractivity contribution in [3.63, 3.8) is 0 Å². The minimum absolute atomic E-state index is 0.00902. The van der Waals surface area contributed by atoms with Gasteiger partial charge in [-0.2, -0.15) is 8.78 Å². The number of amides is 1. The van der Waals surface area contributed by atoms with Crippen LogP contribution in [0.4, 0.5) is 18.9 Å². The molecule has 1 aromatic heterocycles. The Kier molecular flexibility index (Phi) is 5.60. The maximum absolute atomic E-state index is 14.8. The van der Waals surface area contributed by atoms with Crippen molar-refractivity contribution in [2.75, 3.05) is 18.4 Å². The number of benzene rings is 1. The molecule has 2 heterocycles. The van der Waals surface area contributed by atoms with Crippen LogP contribution in [0.1, 0.15) is 36.6 Å². The molecule has 0 bridgehead atoms. The smallest absolute Gasteiger partial charge is 0.388 e. The van der Waals surface area contributed by atoms with E-state index in [9.17, 15) is 18.0 Å². The Hall–Kier alpha value is -2.61. The van der Waals surface area contributed by atoms with Crippen molar-refractivity contribution >= 4 is 11.6 Å². The second-order valence-corrected chi connectivity index (χ2v) is 7.18. The Morgan fingerprint density at radius 3 is 2.54 bits per heavy atom. The summed E-state index contributed by atoms with van der Waals surface area (Å²) in [6, 6.07) is 7.76. The third-order valence-corrected chi connectivity index (χ3v) is 4.88. The number of hydrogen-bond acceptors (Lipinski definition) is 4. The summed E-state index contributed by atoms with van der Waals surface area (Å²) in [4.78, 5) is 17.1. The first-order valence-electron chi connectivity index (χ1n) is 8.98. The monoisotopic (exact) mass is 393 g/mol. The molecule has 8 heteroatoms. The zero-order chi connectivity index (χ0) is 20.5. The summed E-state index contributed by atoms with van der Waals surface area (Å²) in [7, 11) is 0. The number of nitrogens with one attached hydrogen (secondary N) is 2. The van der Waals surface area contributed by atoms with Crippen LogP contribution >= 0.6 is 0 Å². The van der Waals surface area contributed by atoms with Crippen molar-refractivity contribution in [3.8, 4) is 5.88 Å². The molecule has 0 saturated carbocycles. The first-order valence-corrected chi connectivity index (χ1v) is 8.98. The lowest BCUT2D eigenvalue weighted by Crippen LogP contribution is -2.64. The van der Waals surface area contributed by atoms with Crippen LogP contribution in [0.15, 0.2) is 30.3 Å². The number of aromatic nitrogens is 1. The SMILES string of the molecule is Cc1ccc(NC(=O)C2(c3c(F)cccc3C(C)C)CNC2)c(OC(F)F)n1. The zero-order valence-electron chi connectivity index (χ0n) is 15.9. The van der Waals surface area contributed by atoms with Gasteiger partial charge < -0.3 is 15.4 Å². The first kappa shape index (κ1) is 20.1. The van der Waals surface area contributed by atoms with Gasteiger partial charge in [-0.05, 0) is 36.6 Å². The van der Waals surface area contributed by atoms with Gasteiger partial charge in [-0.1, -0.05) is 26.0 Å². The van der Waals surface area contributed by atoms with E-state index in [0.29, 0.717) is 11.3 Å². The average Bonchev–Trinajstić information content (AvgIpc) is 2.57. The van der Waals surface area contributed by atoms with Gasteiger partial charge in [0.1, 0.15) is 16.9 Å². The van der Waals surface area contributed by atoms with Crippen molar-refractivity contribution in [2.45, 2.75) is 38.7 Å². The number of hydrogen-bond donors (Lipinski definition) is 2. The molecule has 1 aliphatic heterocycles. The van der Waals surface area contributed by atoms with Crippen molar-refractivity contribution in [2.24, 2.45) is 0 Å². The number of alkyl halides is 2. The van der Waals surface area contributed by atoms with Crippen LogP contribution in [0, 0.1) is 12.7 Å². The number of rotatable bonds is 6. The van der Waals surface area contributed by atoms with Crippen LogP contribution in [0.3, 0.4) is 0 Å². The lowest BCUT2D eigenvalue weighted by Gasteiger charge is -2.43. The van der Waals surface area contributed by atoms with Gasteiger partial charge >= 0.3 is 6.61 Å². The molecule has 0 unspecified atom stereocenters. The van der Waals surface area contributed by atoms with Crippen LogP contribution in [0.5, 0.6) is 5.88 Å². The standard InChI is InChI=1S/C20H22F3N3O2/c1-11(2)13-5-4-6-14(21)16(13)20(9-24-10-20)18(27)26-15-8-7-12(3)25-17(15)28-19(22)23/h4-8,11,19,24H,9-10H2,1-3H3,(H,26,27). The molecule has 3 rings (SSSR count). The molecule has 150 valence electrons. The van der Waals surface area contributed by atoms with E-state index in [1.54, 1.807) is 25.1 Å². The number of ether oxygens (including phenoxy) is 1. The number of pyridine rings is 1. The molecule has 0 radical (unpaired) electrons. The first-order chi connectivity index (χ1) is 13.2. The minimum Gasteiger partial charge on any atom is -0.415 e. The topological polar surface area (TPSA) is 63.2 Å². The minimum atomic E-state index is -3.08. The van der Waals surface area contributed by atoms with E-state index in [-0.39, 0.29) is 30.6 Å². The van der Waals surface area contributed by atoms with Gasteiger partial charge in [-0.25, -0.2) is 9.37 Å². The summed E-state index contributed by atoms with van der Waals surface area (Å²) >= 11 is 0. The quantitative estimate of drug-likeness (QED) is 0.785. The Bertz CT molecular complexity index is 883. The fraction of sp³-hybridized carbons (Fsp3) is 0.400. The van der Waals surface area contributed by atoms with Gasteiger partial charge in [-0.3, -0.25) is 4.79 Å². The lowest BCUT2D eigenvalue weighted by molar-refractivity contribution is -0.123. The van der Waals surface area contributed by atoms with Crippen molar-refractivity contribution in [3.05, 3.63) is 53.0 Å². The number of anilines is 1. The highest BCUT2D eigenvalue weighted by Gasteiger charge is 2.49. The summed E-state index contributed by atoms with van der Waals surface area (Å²) in [6.07, 6.45) is 0. The van der Waals surface area contributed by atoms with E-state index in [1.807, 2.05) is 13.8 Å². The second kappa shape index (κ2) is 7.79. The Labute approximate surface area is 161 Å². The largest absolute Gasteiger partial charge is 0.415 e. The third-order valence-electron chi connectivity index (χ3n) is 4.88. The molecule has 1 aromatic carbocycles. The maximum atomic E-state index is 14.8. The van der Waals surface area contributed by atoms with Gasteiger partial charge in [0.05, 0.1) is 0 Å². The molecule has 1 aliphatic rings. The van der Waals surface area contributed by atoms with E-state index >= 15 is 0 Å². The predicted molar refractivity (Wildman–Crippen MR) is 99.3 cm³/mol. The van der Waals surface area contributed by atoms with E-state index < -0.39 is 23.8 Å². The zero-order valence-corrected chi connectivity index (χ0v) is 15.9. The number of carbonyl (C=O) groups excluding carboxylic acids is 1. The van der Waals surface area contributed by atoms with Crippen LogP contribution < -0.4 is 15.4 Å². The molecule has 1 fully saturated rings. The normalized spacial score (nSPS) is 15.4. The van der Waals surface area contributed by atoms with E-state index in [0.717, 1.165) is 5.56 Å². The molecule has 1 saturated heterocycles. The number of carbonyl (C=O) groups is 1. The van der Waals surface area contributed by atoms with Crippen molar-refractivity contribution in [1.82, 2.24) is 10.3 Å². The molecule has 0 atom stereocenters. The molecule has 1 amide bonds. The molecule has 2 N–H and O–H groups in total. The lowest BCUT2D eigenvalue weighted by atomic mass is 9.70. The fourth-order valence-corrected chi connectivity index (χ4v) is 3.40. The summed E-state index contributed by atoms with van der Waals surface area (Å²) in [5, 5.41) is 5.63. The van der Waals surface area contributed by atoms with Crippen LogP contribution in [-0.4, -0.2) is 30.6 Å². The molecule has 5 nitrogen and oxygen atoms in total. The van der Waals surface area contributed by atoms with Gasteiger partial charge in [0, 0.05) is 24.3 Å². The van der Waals surface area contributed by atoms with Gasteiger partial charge in [0.15, 0.2) is 0 Å². The summed E-state index contributed by atoms with van der Waals surface area (Å²) in [5.74, 6) is -1.32. The van der Waals surface area contributed by atoms with Gasteiger partial charge in [-0.15, -0.1) is 0 Å². The molecular formula is C20H22F3N3O2. The average molecular weight is 393 g/mol. The van der Waals surface area contributed by atoms with E-state index in [4.69, 9.17) is 0 Å². The highest BCUT2D eigenvalue weighted by Crippen LogP contribution is 2.38. The number of aryl methyl sites for hydroxylation is 1. The predicted octanol–water partition coefficient (Wildman–Crippen LogP) is 3.73. The Morgan fingerprint density at radius 1 is 1.25 bits per heavy atom. The van der Waals surface area contributed by atoms with Crippen LogP contribution in [-0.2, 0) is 10.2 Å². The highest BCUT2D eigenvalue weighted by atomic mass is 19.3. The summed E-state index contributed by atoms with van der Waals surface area (Å²) in [5.41, 5.74) is 0.410. The van der Waals surface area contributed by atoms with Crippen molar-refractivity contribution in [1.29, 1.82) is 0 Å². The Morgan fingerprint density at radius 2 is 1.96 bits per heavy atom. The summed E-state index contributed by atoms with van der Waals surface area (Å²) < 4.78 is 44.6. The molecule has 28 heavy (non-hydrogen) atoms. The third kappa shape index (κ3) is 3.69. The van der Waals surface area contributed by atoms with E-state index in [1.165, 1.54) is 12.1 Å². The Balaban J connectivity index is 1.99. The van der Waals surface area contributed by atoms with E-state index in [2.05, 4.69) is 20.4 Å². The van der Waals surface area contributed by atoms with Crippen LogP contribution in [0.2, 0.25) is 0 Å². The summed E-state index contributed by atoms with van der Waals surface area (Å²) in [6.45, 7) is 2.87. The second-order valence-electron chi connectivity index (χ2n) is 7.18. The van der Waals surface area contributed by atoms with Gasteiger partial charge in [0.2, 0.25) is 11.8 Å². The molecule has 2 aromatic rings. The highest BCUT2D eigenvalue weighted by molar-refractivity contribution is 6.01. The van der Waals surface area contributed by atoms with Crippen LogP contribution in [0.25, 0.3) is 0 Å². The van der Waals surface area contributed by atoms with Crippen molar-refractivity contribution < 1.29 is 22.7 Å². The maximum Gasteiger partial charge on any atom is 0.388 e. The number of halogens is 3. The molecular weight excluding hydrogens is 371 g/mol. The molecule has 0 aliphatic carbocycles. The molecule has 0 spiro atoms.